The van der Waals surface area contributed by atoms with E-state index >= 15 is 0 Å². The Labute approximate surface area is 226 Å². The molecule has 0 spiro atoms. The van der Waals surface area contributed by atoms with Gasteiger partial charge in [0.05, 0.1) is 17.0 Å². The highest BCUT2D eigenvalue weighted by Gasteiger charge is 2.23. The lowest BCUT2D eigenvalue weighted by molar-refractivity contribution is -0.132. The van der Waals surface area contributed by atoms with Crippen molar-refractivity contribution < 1.29 is 23.5 Å². The molecule has 11 heteroatoms. The summed E-state index contributed by atoms with van der Waals surface area (Å²) in [5.41, 5.74) is 3.01. The maximum absolute atomic E-state index is 12.9. The van der Waals surface area contributed by atoms with Gasteiger partial charge in [0.25, 0.3) is 0 Å². The zero-order valence-corrected chi connectivity index (χ0v) is 22.7. The maximum Gasteiger partial charge on any atom is 0.360 e. The topological polar surface area (TPSA) is 100 Å². The zero-order chi connectivity index (χ0) is 26.7. The number of oxime groups is 1. The molecule has 0 saturated heterocycles. The quantitative estimate of drug-likeness (QED) is 0.109. The molecule has 2 aromatic heterocycles. The van der Waals surface area contributed by atoms with E-state index in [2.05, 4.69) is 9.53 Å². The molecule has 0 fully saturated rings. The van der Waals surface area contributed by atoms with Crippen LogP contribution in [0.25, 0.3) is 21.4 Å². The SMILES string of the molecule is CCc1c(-c2snc(Cl)c2Cl)c2cc(C)c(OCc3ccccc3/C(=N\OC)C(=O)OC)cc2oc1=O. The van der Waals surface area contributed by atoms with Crippen LogP contribution in [0.3, 0.4) is 0 Å². The van der Waals surface area contributed by atoms with Crippen LogP contribution in [-0.2, 0) is 27.4 Å². The van der Waals surface area contributed by atoms with Gasteiger partial charge in [0.15, 0.2) is 10.9 Å². The van der Waals surface area contributed by atoms with Crippen molar-refractivity contribution in [2.75, 3.05) is 14.2 Å². The summed E-state index contributed by atoms with van der Waals surface area (Å²) in [5, 5.41) is 5.00. The highest BCUT2D eigenvalue weighted by molar-refractivity contribution is 7.11. The molecule has 0 bridgehead atoms. The molecule has 2 aromatic carbocycles. The molecule has 2 heterocycles. The second-order valence-electron chi connectivity index (χ2n) is 7.89. The Hall–Kier alpha value is -3.40. The Bertz CT molecular complexity index is 1580. The Morgan fingerprint density at radius 3 is 2.59 bits per heavy atom. The van der Waals surface area contributed by atoms with Gasteiger partial charge >= 0.3 is 11.6 Å². The zero-order valence-electron chi connectivity index (χ0n) is 20.4. The average molecular weight is 561 g/mol. The van der Waals surface area contributed by atoms with Gasteiger partial charge in [-0.3, -0.25) is 0 Å². The van der Waals surface area contributed by atoms with Crippen molar-refractivity contribution in [3.05, 3.63) is 79.2 Å². The van der Waals surface area contributed by atoms with E-state index in [0.29, 0.717) is 55.3 Å². The first kappa shape index (κ1) is 26.7. The van der Waals surface area contributed by atoms with E-state index in [1.165, 1.54) is 14.2 Å². The maximum atomic E-state index is 12.9. The lowest BCUT2D eigenvalue weighted by Gasteiger charge is -2.15. The summed E-state index contributed by atoms with van der Waals surface area (Å²) in [7, 11) is 2.62. The van der Waals surface area contributed by atoms with E-state index in [1.807, 2.05) is 26.0 Å². The molecule has 0 saturated carbocycles. The number of carbonyl (C=O) groups excluding carboxylic acids is 1. The number of aromatic nitrogens is 1. The number of aryl methyl sites for hydroxylation is 1. The van der Waals surface area contributed by atoms with Crippen LogP contribution in [0.1, 0.15) is 29.2 Å². The fourth-order valence-corrected chi connectivity index (χ4v) is 5.25. The molecule has 0 amide bonds. The predicted octanol–water partition coefficient (Wildman–Crippen LogP) is 6.20. The number of ether oxygens (including phenoxy) is 2. The number of halogens is 2. The molecule has 0 atom stereocenters. The van der Waals surface area contributed by atoms with Crippen LogP contribution in [0.2, 0.25) is 10.2 Å². The van der Waals surface area contributed by atoms with Crippen molar-refractivity contribution in [3.8, 4) is 16.2 Å². The van der Waals surface area contributed by atoms with Crippen molar-refractivity contribution in [2.45, 2.75) is 26.9 Å². The lowest BCUT2D eigenvalue weighted by Crippen LogP contribution is -2.19. The Morgan fingerprint density at radius 2 is 1.95 bits per heavy atom. The molecular formula is C26H22Cl2N2O6S. The van der Waals surface area contributed by atoms with E-state index in [4.69, 9.17) is 41.9 Å². The molecule has 0 aliphatic carbocycles. The summed E-state index contributed by atoms with van der Waals surface area (Å²) in [4.78, 5) is 30.6. The molecule has 8 nitrogen and oxygen atoms in total. The number of esters is 1. The largest absolute Gasteiger partial charge is 0.488 e. The van der Waals surface area contributed by atoms with Crippen molar-refractivity contribution in [1.29, 1.82) is 0 Å². The third-order valence-electron chi connectivity index (χ3n) is 5.69. The van der Waals surface area contributed by atoms with Crippen molar-refractivity contribution in [1.82, 2.24) is 4.37 Å². The van der Waals surface area contributed by atoms with Crippen molar-refractivity contribution in [3.63, 3.8) is 0 Å². The number of nitrogens with zero attached hydrogens (tertiary/aromatic N) is 2. The fraction of sp³-hybridized carbons (Fsp3) is 0.231. The Kier molecular flexibility index (Phi) is 8.16. The molecule has 0 radical (unpaired) electrons. The van der Waals surface area contributed by atoms with E-state index < -0.39 is 11.6 Å². The first-order valence-electron chi connectivity index (χ1n) is 11.1. The van der Waals surface area contributed by atoms with Gasteiger partial charge in [-0.1, -0.05) is 59.5 Å². The van der Waals surface area contributed by atoms with Crippen LogP contribution < -0.4 is 10.4 Å². The average Bonchev–Trinajstić information content (AvgIpc) is 3.23. The van der Waals surface area contributed by atoms with Crippen LogP contribution in [0.5, 0.6) is 5.75 Å². The summed E-state index contributed by atoms with van der Waals surface area (Å²) in [6.07, 6.45) is 0.444. The summed E-state index contributed by atoms with van der Waals surface area (Å²) in [6.45, 7) is 3.85. The Morgan fingerprint density at radius 1 is 1.19 bits per heavy atom. The molecule has 0 aliphatic heterocycles. The molecule has 0 N–H and O–H groups in total. The van der Waals surface area contributed by atoms with Gasteiger partial charge in [-0.2, -0.15) is 4.37 Å². The molecule has 192 valence electrons. The van der Waals surface area contributed by atoms with Gasteiger partial charge in [-0.05, 0) is 42.1 Å². The first-order chi connectivity index (χ1) is 17.8. The summed E-state index contributed by atoms with van der Waals surface area (Å²) in [5.74, 6) is -0.142. The number of methoxy groups -OCH3 is 1. The van der Waals surface area contributed by atoms with Gasteiger partial charge in [0, 0.05) is 28.1 Å². The third kappa shape index (κ3) is 5.20. The molecule has 37 heavy (non-hydrogen) atoms. The number of fused-ring (bicyclic) bond motifs is 1. The van der Waals surface area contributed by atoms with Gasteiger partial charge in [-0.15, -0.1) is 0 Å². The van der Waals surface area contributed by atoms with Crippen molar-refractivity contribution >= 4 is 57.4 Å². The van der Waals surface area contributed by atoms with Gasteiger partial charge in [0.2, 0.25) is 0 Å². The Balaban J connectivity index is 1.77. The van der Waals surface area contributed by atoms with Crippen LogP contribution in [0.15, 0.2) is 50.8 Å². The molecular weight excluding hydrogens is 539 g/mol. The normalized spacial score (nSPS) is 11.6. The van der Waals surface area contributed by atoms with E-state index in [9.17, 15) is 9.59 Å². The van der Waals surface area contributed by atoms with E-state index in [-0.39, 0.29) is 17.5 Å². The number of rotatable bonds is 8. The number of hydrogen-bond acceptors (Lipinski definition) is 9. The second-order valence-corrected chi connectivity index (χ2v) is 9.40. The fourth-order valence-electron chi connectivity index (χ4n) is 3.94. The molecule has 4 aromatic rings. The first-order valence-corrected chi connectivity index (χ1v) is 12.6. The van der Waals surface area contributed by atoms with Crippen LogP contribution >= 0.6 is 34.7 Å². The van der Waals surface area contributed by atoms with Crippen LogP contribution in [-0.4, -0.2) is 30.3 Å². The highest BCUT2D eigenvalue weighted by atomic mass is 35.5. The minimum absolute atomic E-state index is 0.0160. The summed E-state index contributed by atoms with van der Waals surface area (Å²) in [6, 6.07) is 10.7. The molecule has 0 aliphatic rings. The number of benzene rings is 2. The summed E-state index contributed by atoms with van der Waals surface area (Å²) >= 11 is 13.6. The van der Waals surface area contributed by atoms with Crippen LogP contribution in [0.4, 0.5) is 0 Å². The van der Waals surface area contributed by atoms with Crippen LogP contribution in [0, 0.1) is 6.92 Å². The third-order valence-corrected chi connectivity index (χ3v) is 7.51. The van der Waals surface area contributed by atoms with Gasteiger partial charge < -0.3 is 18.7 Å². The standard InChI is InChI=1S/C26H22Cl2N2O6S/c1-5-15-20(23-21(27)24(28)30-37-23)17-10-13(2)18(11-19(17)36-25(15)31)35-12-14-8-6-7-9-16(14)22(29-34-4)26(32)33-3/h6-11H,5,12H2,1-4H3/b29-22+. The monoisotopic (exact) mass is 560 g/mol. The number of hydrogen-bond donors (Lipinski definition) is 0. The van der Waals surface area contributed by atoms with Gasteiger partial charge in [-0.25, -0.2) is 9.59 Å². The molecule has 4 rings (SSSR count). The van der Waals surface area contributed by atoms with E-state index in [1.54, 1.807) is 24.3 Å². The minimum Gasteiger partial charge on any atom is -0.488 e. The lowest BCUT2D eigenvalue weighted by atomic mass is 9.99. The number of carbonyl (C=O) groups is 1. The predicted molar refractivity (Wildman–Crippen MR) is 144 cm³/mol. The van der Waals surface area contributed by atoms with Crippen molar-refractivity contribution in [2.24, 2.45) is 5.16 Å². The summed E-state index contributed by atoms with van der Waals surface area (Å²) < 4.78 is 20.7. The smallest absolute Gasteiger partial charge is 0.360 e. The highest BCUT2D eigenvalue weighted by Crippen LogP contribution is 2.42. The van der Waals surface area contributed by atoms with E-state index in [0.717, 1.165) is 17.1 Å². The minimum atomic E-state index is -0.640. The van der Waals surface area contributed by atoms with Gasteiger partial charge in [0.1, 0.15) is 25.0 Å². The molecule has 0 unspecified atom stereocenters. The second kappa shape index (κ2) is 11.3.